The first-order valence-corrected chi connectivity index (χ1v) is 10.0. The summed E-state index contributed by atoms with van der Waals surface area (Å²) in [5, 5.41) is 12.3. The van der Waals surface area contributed by atoms with E-state index in [0.717, 1.165) is 23.4 Å². The molecule has 0 saturated heterocycles. The molecule has 1 aromatic heterocycles. The Morgan fingerprint density at radius 3 is 2.79 bits per heavy atom. The van der Waals surface area contributed by atoms with E-state index in [1.54, 1.807) is 0 Å². The van der Waals surface area contributed by atoms with Crippen molar-refractivity contribution in [3.05, 3.63) is 48.5 Å². The fraction of sp³-hybridized carbons (Fsp3) is 0.250. The number of thioether (sulfide) groups is 1. The van der Waals surface area contributed by atoms with Gasteiger partial charge in [0.15, 0.2) is 22.5 Å². The Bertz CT molecular complexity index is 975. The summed E-state index contributed by atoms with van der Waals surface area (Å²) in [4.78, 5) is 12.0. The van der Waals surface area contributed by atoms with Crippen LogP contribution in [0.15, 0.2) is 53.7 Å². The van der Waals surface area contributed by atoms with E-state index in [0.29, 0.717) is 23.3 Å². The number of nitrogens with one attached hydrogen (secondary N) is 1. The van der Waals surface area contributed by atoms with Crippen LogP contribution in [0.2, 0.25) is 0 Å². The predicted molar refractivity (Wildman–Crippen MR) is 107 cm³/mol. The second-order valence-corrected chi connectivity index (χ2v) is 7.13. The molecule has 0 aliphatic carbocycles. The highest BCUT2D eigenvalue weighted by Gasteiger charge is 2.20. The Kier molecular flexibility index (Phi) is 5.48. The van der Waals surface area contributed by atoms with Gasteiger partial charge in [-0.1, -0.05) is 36.9 Å². The zero-order valence-electron chi connectivity index (χ0n) is 15.4. The molecule has 4 rings (SSSR count). The zero-order chi connectivity index (χ0) is 19.3. The van der Waals surface area contributed by atoms with E-state index in [-0.39, 0.29) is 18.5 Å². The summed E-state index contributed by atoms with van der Waals surface area (Å²) < 4.78 is 12.8. The maximum absolute atomic E-state index is 12.0. The number of carbonyl (C=O) groups is 1. The standard InChI is InChI=1S/C20H20N4O3S/c1-2-10-21-18(25)12-28-20-23-22-19(24(20)15-6-4-3-5-7-15)14-8-9-16-17(11-14)27-13-26-16/h3-9,11H,2,10,12-13H2,1H3,(H,21,25). The molecule has 3 aromatic rings. The van der Waals surface area contributed by atoms with Crippen LogP contribution in [0.1, 0.15) is 13.3 Å². The lowest BCUT2D eigenvalue weighted by Gasteiger charge is -2.10. The van der Waals surface area contributed by atoms with Crippen molar-refractivity contribution in [1.82, 2.24) is 20.1 Å². The first-order chi connectivity index (χ1) is 13.8. The molecule has 1 aliphatic rings. The van der Waals surface area contributed by atoms with E-state index in [1.165, 1.54) is 11.8 Å². The van der Waals surface area contributed by atoms with Crippen molar-refractivity contribution in [1.29, 1.82) is 0 Å². The van der Waals surface area contributed by atoms with Gasteiger partial charge in [0.05, 0.1) is 5.75 Å². The highest BCUT2D eigenvalue weighted by Crippen LogP contribution is 2.36. The minimum Gasteiger partial charge on any atom is -0.454 e. The molecule has 144 valence electrons. The number of amides is 1. The molecule has 0 spiro atoms. The summed E-state index contributed by atoms with van der Waals surface area (Å²) >= 11 is 1.36. The van der Waals surface area contributed by atoms with Crippen LogP contribution in [0.25, 0.3) is 17.1 Å². The van der Waals surface area contributed by atoms with E-state index in [9.17, 15) is 4.79 Å². The number of benzene rings is 2. The Morgan fingerprint density at radius 2 is 1.96 bits per heavy atom. The SMILES string of the molecule is CCCNC(=O)CSc1nnc(-c2ccc3c(c2)OCO3)n1-c1ccccc1. The van der Waals surface area contributed by atoms with Crippen LogP contribution in [-0.4, -0.2) is 39.8 Å². The highest BCUT2D eigenvalue weighted by molar-refractivity contribution is 7.99. The second kappa shape index (κ2) is 8.35. The van der Waals surface area contributed by atoms with Gasteiger partial charge in [-0.3, -0.25) is 9.36 Å². The van der Waals surface area contributed by atoms with Crippen LogP contribution in [0.5, 0.6) is 11.5 Å². The van der Waals surface area contributed by atoms with E-state index in [4.69, 9.17) is 9.47 Å². The minimum absolute atomic E-state index is 0.0147. The van der Waals surface area contributed by atoms with Crippen LogP contribution in [0, 0.1) is 0 Å². The summed E-state index contributed by atoms with van der Waals surface area (Å²) in [5.74, 6) is 2.36. The number of rotatable bonds is 7. The molecule has 2 heterocycles. The smallest absolute Gasteiger partial charge is 0.231 e. The molecule has 2 aromatic carbocycles. The summed E-state index contributed by atoms with van der Waals surface area (Å²) in [7, 11) is 0. The lowest BCUT2D eigenvalue weighted by Crippen LogP contribution is -2.25. The monoisotopic (exact) mass is 396 g/mol. The largest absolute Gasteiger partial charge is 0.454 e. The van der Waals surface area contributed by atoms with Crippen molar-refractivity contribution in [2.24, 2.45) is 0 Å². The molecular weight excluding hydrogens is 376 g/mol. The zero-order valence-corrected chi connectivity index (χ0v) is 16.2. The Balaban J connectivity index is 1.67. The van der Waals surface area contributed by atoms with Crippen molar-refractivity contribution >= 4 is 17.7 Å². The van der Waals surface area contributed by atoms with Crippen LogP contribution >= 0.6 is 11.8 Å². The molecule has 0 bridgehead atoms. The van der Waals surface area contributed by atoms with Gasteiger partial charge in [0, 0.05) is 17.8 Å². The number of hydrogen-bond donors (Lipinski definition) is 1. The molecule has 1 amide bonds. The van der Waals surface area contributed by atoms with Crippen molar-refractivity contribution in [2.45, 2.75) is 18.5 Å². The topological polar surface area (TPSA) is 78.3 Å². The predicted octanol–water partition coefficient (Wildman–Crippen LogP) is 3.28. The molecule has 0 fully saturated rings. The Labute approximate surface area is 167 Å². The van der Waals surface area contributed by atoms with Crippen molar-refractivity contribution in [2.75, 3.05) is 19.1 Å². The normalized spacial score (nSPS) is 12.2. The Hall–Kier alpha value is -3.00. The second-order valence-electron chi connectivity index (χ2n) is 6.18. The molecule has 0 radical (unpaired) electrons. The maximum atomic E-state index is 12.0. The maximum Gasteiger partial charge on any atom is 0.231 e. The molecule has 8 heteroatoms. The molecule has 28 heavy (non-hydrogen) atoms. The molecule has 0 unspecified atom stereocenters. The number of ether oxygens (including phenoxy) is 2. The van der Waals surface area contributed by atoms with Crippen LogP contribution < -0.4 is 14.8 Å². The average Bonchev–Trinajstić information content (AvgIpc) is 3.37. The third kappa shape index (κ3) is 3.82. The van der Waals surface area contributed by atoms with Gasteiger partial charge in [-0.15, -0.1) is 10.2 Å². The van der Waals surface area contributed by atoms with Gasteiger partial charge in [0.2, 0.25) is 12.7 Å². The number of hydrogen-bond acceptors (Lipinski definition) is 6. The number of para-hydroxylation sites is 1. The summed E-state index contributed by atoms with van der Waals surface area (Å²) in [5.41, 5.74) is 1.79. The number of fused-ring (bicyclic) bond motifs is 1. The van der Waals surface area contributed by atoms with E-state index in [1.807, 2.05) is 60.0 Å². The van der Waals surface area contributed by atoms with E-state index >= 15 is 0 Å². The van der Waals surface area contributed by atoms with Crippen LogP contribution in [0.3, 0.4) is 0 Å². The number of carbonyl (C=O) groups excluding carboxylic acids is 1. The lowest BCUT2D eigenvalue weighted by atomic mass is 10.2. The van der Waals surface area contributed by atoms with Gasteiger partial charge < -0.3 is 14.8 Å². The fourth-order valence-corrected chi connectivity index (χ4v) is 3.62. The van der Waals surface area contributed by atoms with Crippen molar-refractivity contribution < 1.29 is 14.3 Å². The summed E-state index contributed by atoms with van der Waals surface area (Å²) in [6, 6.07) is 15.5. The highest BCUT2D eigenvalue weighted by atomic mass is 32.2. The third-order valence-electron chi connectivity index (χ3n) is 4.18. The lowest BCUT2D eigenvalue weighted by molar-refractivity contribution is -0.118. The average molecular weight is 396 g/mol. The van der Waals surface area contributed by atoms with E-state index < -0.39 is 0 Å². The first kappa shape index (κ1) is 18.4. The van der Waals surface area contributed by atoms with Crippen molar-refractivity contribution in [3.63, 3.8) is 0 Å². The van der Waals surface area contributed by atoms with Gasteiger partial charge in [-0.05, 0) is 36.8 Å². The van der Waals surface area contributed by atoms with Crippen molar-refractivity contribution in [3.8, 4) is 28.6 Å². The molecule has 1 aliphatic heterocycles. The molecule has 1 N–H and O–H groups in total. The summed E-state index contributed by atoms with van der Waals surface area (Å²) in [6.07, 6.45) is 0.908. The van der Waals surface area contributed by atoms with Gasteiger partial charge >= 0.3 is 0 Å². The fourth-order valence-electron chi connectivity index (χ4n) is 2.84. The number of nitrogens with zero attached hydrogens (tertiary/aromatic N) is 3. The molecule has 0 saturated carbocycles. The third-order valence-corrected chi connectivity index (χ3v) is 5.11. The first-order valence-electron chi connectivity index (χ1n) is 9.06. The van der Waals surface area contributed by atoms with Gasteiger partial charge in [0.25, 0.3) is 0 Å². The van der Waals surface area contributed by atoms with E-state index in [2.05, 4.69) is 15.5 Å². The minimum atomic E-state index is -0.0147. The van der Waals surface area contributed by atoms with Crippen LogP contribution in [-0.2, 0) is 4.79 Å². The van der Waals surface area contributed by atoms with Crippen LogP contribution in [0.4, 0.5) is 0 Å². The summed E-state index contributed by atoms with van der Waals surface area (Å²) in [6.45, 7) is 2.92. The molecular formula is C20H20N4O3S. The van der Waals surface area contributed by atoms with Gasteiger partial charge in [-0.2, -0.15) is 0 Å². The molecule has 0 atom stereocenters. The van der Waals surface area contributed by atoms with Gasteiger partial charge in [-0.25, -0.2) is 0 Å². The van der Waals surface area contributed by atoms with Gasteiger partial charge in [0.1, 0.15) is 0 Å². The Morgan fingerprint density at radius 1 is 1.14 bits per heavy atom. The molecule has 7 nitrogen and oxygen atoms in total. The quantitative estimate of drug-likeness (QED) is 0.618. The number of aromatic nitrogens is 3.